The Balaban J connectivity index is 0. The second-order valence-electron chi connectivity index (χ2n) is 3.03. The van der Waals surface area contributed by atoms with E-state index in [0.29, 0.717) is 6.54 Å². The number of nitrogens with two attached hydrogens (primary N) is 4. The van der Waals surface area contributed by atoms with Crippen molar-refractivity contribution in [2.75, 3.05) is 6.54 Å². The first-order valence-electron chi connectivity index (χ1n) is 3.30. The van der Waals surface area contributed by atoms with Crippen molar-refractivity contribution in [3.63, 3.8) is 0 Å². The molecule has 64 valence electrons. The Morgan fingerprint density at radius 3 is 1.40 bits per heavy atom. The van der Waals surface area contributed by atoms with E-state index in [1.807, 2.05) is 6.92 Å². The molecule has 0 spiro atoms. The summed E-state index contributed by atoms with van der Waals surface area (Å²) in [5.41, 5.74) is 20.0. The number of hydrogen-bond acceptors (Lipinski definition) is 4. The summed E-state index contributed by atoms with van der Waals surface area (Å²) in [5.74, 6) is 0. The smallest absolute Gasteiger partial charge is 0.0578 e. The molecule has 0 aliphatic carbocycles. The lowest BCUT2D eigenvalue weighted by Crippen LogP contribution is -2.42. The molecule has 0 heterocycles. The van der Waals surface area contributed by atoms with Gasteiger partial charge in [0.2, 0.25) is 0 Å². The van der Waals surface area contributed by atoms with Crippen molar-refractivity contribution >= 4 is 0 Å². The molecular formula is C6H20N4. The van der Waals surface area contributed by atoms with E-state index in [0.717, 1.165) is 0 Å². The maximum atomic E-state index is 5.17. The van der Waals surface area contributed by atoms with E-state index in [9.17, 15) is 0 Å². The van der Waals surface area contributed by atoms with Crippen LogP contribution in [0.4, 0.5) is 0 Å². The van der Waals surface area contributed by atoms with Crippen LogP contribution in [0.2, 0.25) is 0 Å². The molecule has 0 amide bonds. The van der Waals surface area contributed by atoms with E-state index in [1.165, 1.54) is 0 Å². The number of hydrogen-bond donors (Lipinski definition) is 4. The summed E-state index contributed by atoms with van der Waals surface area (Å²) >= 11 is 0. The van der Waals surface area contributed by atoms with Gasteiger partial charge in [-0.1, -0.05) is 0 Å². The van der Waals surface area contributed by atoms with Crippen LogP contribution in [0.1, 0.15) is 20.8 Å². The van der Waals surface area contributed by atoms with E-state index in [4.69, 9.17) is 22.9 Å². The Morgan fingerprint density at radius 1 is 1.30 bits per heavy atom. The van der Waals surface area contributed by atoms with Gasteiger partial charge >= 0.3 is 0 Å². The van der Waals surface area contributed by atoms with Crippen LogP contribution >= 0.6 is 0 Å². The van der Waals surface area contributed by atoms with E-state index < -0.39 is 5.66 Å². The molecule has 0 rings (SSSR count). The molecule has 1 atom stereocenters. The fraction of sp³-hybridized carbons (Fsp3) is 1.00. The Hall–Kier alpha value is -0.160. The topological polar surface area (TPSA) is 104 Å². The molecule has 0 aliphatic rings. The predicted octanol–water partition coefficient (Wildman–Crippen LogP) is -1.07. The zero-order valence-electron chi connectivity index (χ0n) is 7.09. The third kappa shape index (κ3) is 108. The van der Waals surface area contributed by atoms with Crippen LogP contribution in [-0.4, -0.2) is 18.2 Å². The molecule has 0 bridgehead atoms. The molecule has 0 aromatic carbocycles. The zero-order valence-corrected chi connectivity index (χ0v) is 7.09. The van der Waals surface area contributed by atoms with Crippen molar-refractivity contribution < 1.29 is 0 Å². The van der Waals surface area contributed by atoms with Crippen molar-refractivity contribution in [3.8, 4) is 0 Å². The van der Waals surface area contributed by atoms with Gasteiger partial charge in [-0.2, -0.15) is 0 Å². The van der Waals surface area contributed by atoms with Crippen LogP contribution in [0, 0.1) is 0 Å². The number of rotatable bonds is 1. The molecule has 0 saturated heterocycles. The quantitative estimate of drug-likeness (QED) is 0.355. The van der Waals surface area contributed by atoms with Gasteiger partial charge in [0, 0.05) is 12.6 Å². The molecule has 0 fully saturated rings. The summed E-state index contributed by atoms with van der Waals surface area (Å²) in [4.78, 5) is 0. The van der Waals surface area contributed by atoms with Crippen molar-refractivity contribution in [1.29, 1.82) is 0 Å². The van der Waals surface area contributed by atoms with E-state index in [1.54, 1.807) is 13.8 Å². The first-order chi connectivity index (χ1) is 4.27. The zero-order chi connectivity index (χ0) is 8.78. The summed E-state index contributed by atoms with van der Waals surface area (Å²) in [5, 5.41) is 0. The lowest BCUT2D eigenvalue weighted by atomic mass is 10.3. The summed E-state index contributed by atoms with van der Waals surface area (Å²) in [7, 11) is 0. The van der Waals surface area contributed by atoms with Gasteiger partial charge in [-0.3, -0.25) is 0 Å². The fourth-order valence-corrected chi connectivity index (χ4v) is 0. The highest BCUT2D eigenvalue weighted by molar-refractivity contribution is 4.57. The third-order valence-electron chi connectivity index (χ3n) is 0.372. The van der Waals surface area contributed by atoms with Gasteiger partial charge in [0.15, 0.2) is 0 Å². The molecule has 0 radical (unpaired) electrons. The van der Waals surface area contributed by atoms with Crippen LogP contribution in [0.5, 0.6) is 0 Å². The maximum Gasteiger partial charge on any atom is 0.0578 e. The van der Waals surface area contributed by atoms with Crippen LogP contribution in [0.15, 0.2) is 0 Å². The first-order valence-corrected chi connectivity index (χ1v) is 3.30. The van der Waals surface area contributed by atoms with Crippen molar-refractivity contribution in [2.24, 2.45) is 22.9 Å². The second-order valence-corrected chi connectivity index (χ2v) is 3.03. The van der Waals surface area contributed by atoms with Gasteiger partial charge < -0.3 is 22.9 Å². The second kappa shape index (κ2) is 5.61. The Labute approximate surface area is 62.9 Å². The Morgan fingerprint density at radius 2 is 1.40 bits per heavy atom. The maximum absolute atomic E-state index is 5.17. The van der Waals surface area contributed by atoms with Crippen molar-refractivity contribution in [1.82, 2.24) is 0 Å². The molecular weight excluding hydrogens is 128 g/mol. The Kier molecular flexibility index (Phi) is 7.02. The average Bonchev–Trinajstić information content (AvgIpc) is 1.61. The van der Waals surface area contributed by atoms with E-state index in [2.05, 4.69) is 0 Å². The van der Waals surface area contributed by atoms with Crippen LogP contribution in [-0.2, 0) is 0 Å². The molecule has 10 heavy (non-hydrogen) atoms. The summed E-state index contributed by atoms with van der Waals surface area (Å²) in [6, 6.07) is 0.162. The van der Waals surface area contributed by atoms with Gasteiger partial charge in [0.1, 0.15) is 0 Å². The van der Waals surface area contributed by atoms with Gasteiger partial charge in [0.25, 0.3) is 0 Å². The molecule has 4 heteroatoms. The minimum absolute atomic E-state index is 0.162. The SMILES string of the molecule is CC(C)(N)N.CC(N)CN. The minimum atomic E-state index is -0.500. The highest BCUT2D eigenvalue weighted by Crippen LogP contribution is 1.76. The molecule has 1 unspecified atom stereocenters. The molecule has 0 aliphatic heterocycles. The van der Waals surface area contributed by atoms with Crippen LogP contribution in [0.3, 0.4) is 0 Å². The molecule has 4 nitrogen and oxygen atoms in total. The largest absolute Gasteiger partial charge is 0.329 e. The fourth-order valence-electron chi connectivity index (χ4n) is 0. The molecule has 0 aromatic rings. The van der Waals surface area contributed by atoms with E-state index in [-0.39, 0.29) is 6.04 Å². The van der Waals surface area contributed by atoms with Gasteiger partial charge in [-0.15, -0.1) is 0 Å². The van der Waals surface area contributed by atoms with Crippen molar-refractivity contribution in [3.05, 3.63) is 0 Å². The normalized spacial score (nSPS) is 13.5. The van der Waals surface area contributed by atoms with Gasteiger partial charge in [0.05, 0.1) is 5.66 Å². The Bertz CT molecular complexity index is 58.6. The standard InChI is InChI=1S/2C3H10N2/c1-3(2,4)5;1-3(5)2-4/h4-5H2,1-2H3;3H,2,4-5H2,1H3. The highest BCUT2D eigenvalue weighted by Gasteiger charge is 1.95. The van der Waals surface area contributed by atoms with Gasteiger partial charge in [-0.05, 0) is 20.8 Å². The lowest BCUT2D eigenvalue weighted by Gasteiger charge is -2.07. The summed E-state index contributed by atoms with van der Waals surface area (Å²) in [6.45, 7) is 5.94. The molecule has 0 aromatic heterocycles. The molecule has 8 N–H and O–H groups in total. The van der Waals surface area contributed by atoms with Crippen LogP contribution < -0.4 is 22.9 Å². The predicted molar refractivity (Wildman–Crippen MR) is 45.2 cm³/mol. The molecule has 0 saturated carbocycles. The summed E-state index contributed by atoms with van der Waals surface area (Å²) < 4.78 is 0. The lowest BCUT2D eigenvalue weighted by molar-refractivity contribution is 0.547. The highest BCUT2D eigenvalue weighted by atomic mass is 14.9. The minimum Gasteiger partial charge on any atom is -0.329 e. The average molecular weight is 148 g/mol. The van der Waals surface area contributed by atoms with E-state index >= 15 is 0 Å². The first kappa shape index (κ1) is 12.5. The third-order valence-corrected chi connectivity index (χ3v) is 0.372. The summed E-state index contributed by atoms with van der Waals surface area (Å²) in [6.07, 6.45) is 0. The van der Waals surface area contributed by atoms with Crippen molar-refractivity contribution in [2.45, 2.75) is 32.5 Å². The van der Waals surface area contributed by atoms with Gasteiger partial charge in [-0.25, -0.2) is 0 Å². The monoisotopic (exact) mass is 148 g/mol. The van der Waals surface area contributed by atoms with Crippen LogP contribution in [0.25, 0.3) is 0 Å².